The fraction of sp³-hybridized carbons (Fsp3) is 0.429. The average Bonchev–Trinajstić information content (AvgIpc) is 3.49. The van der Waals surface area contributed by atoms with Gasteiger partial charge in [0.2, 0.25) is 0 Å². The summed E-state index contributed by atoms with van der Waals surface area (Å²) >= 11 is 0. The number of ether oxygens (including phenoxy) is 1. The number of hydrogen-bond donors (Lipinski definition) is 2. The summed E-state index contributed by atoms with van der Waals surface area (Å²) in [5.74, 6) is 1.52. The number of β-amino-alcohol motifs (C(OH)–C–C–N with tert-alkyl or cyclic N) is 1. The molecular weight excluding hydrogens is 496 g/mol. The number of aliphatic hydroxyl groups excluding tert-OH is 1. The first kappa shape index (κ1) is 25.2. The zero-order valence-corrected chi connectivity index (χ0v) is 22.8. The molecule has 1 fully saturated rings. The second-order valence-corrected chi connectivity index (χ2v) is 10.5. The number of piperidine rings is 1. The number of benzene rings is 1. The van der Waals surface area contributed by atoms with Crippen molar-refractivity contribution < 1.29 is 14.6 Å². The Kier molecular flexibility index (Phi) is 6.17. The summed E-state index contributed by atoms with van der Waals surface area (Å²) in [6.45, 7) is 8.72. The second kappa shape index (κ2) is 9.57. The lowest BCUT2D eigenvalue weighted by Crippen LogP contribution is -2.39. The summed E-state index contributed by atoms with van der Waals surface area (Å²) in [7, 11) is 1.64. The number of rotatable bonds is 4. The number of carbonyl (C=O) groups is 1. The Morgan fingerprint density at radius 2 is 1.95 bits per heavy atom. The number of nitrogen functional groups attached to an aromatic ring is 1. The Morgan fingerprint density at radius 3 is 2.72 bits per heavy atom. The SMILES string of the molecule is COc1ccc(C)c(-n2c(N)c(C(=O)N3CCn4nccc4C3)c3nc(C)c(N4CCC[C@@H](O)C4)nc32)c1C. The van der Waals surface area contributed by atoms with E-state index in [2.05, 4.69) is 10.00 Å². The molecule has 2 aliphatic heterocycles. The molecule has 1 atom stereocenters. The Labute approximate surface area is 226 Å². The van der Waals surface area contributed by atoms with Crippen LogP contribution in [0.4, 0.5) is 11.6 Å². The van der Waals surface area contributed by atoms with E-state index in [1.165, 1.54) is 0 Å². The molecule has 0 spiro atoms. The van der Waals surface area contributed by atoms with Gasteiger partial charge in [0.15, 0.2) is 11.5 Å². The van der Waals surface area contributed by atoms with Crippen LogP contribution in [-0.4, -0.2) is 73.1 Å². The van der Waals surface area contributed by atoms with Crippen molar-refractivity contribution >= 4 is 28.7 Å². The van der Waals surface area contributed by atoms with E-state index in [0.29, 0.717) is 66.0 Å². The largest absolute Gasteiger partial charge is 0.496 e. The van der Waals surface area contributed by atoms with Crippen molar-refractivity contribution in [2.75, 3.05) is 37.4 Å². The number of aliphatic hydroxyl groups is 1. The van der Waals surface area contributed by atoms with Gasteiger partial charge < -0.3 is 25.4 Å². The number of methoxy groups -OCH3 is 1. The summed E-state index contributed by atoms with van der Waals surface area (Å²) < 4.78 is 9.40. The molecule has 204 valence electrons. The van der Waals surface area contributed by atoms with E-state index < -0.39 is 6.10 Å². The molecule has 11 heteroatoms. The first-order valence-electron chi connectivity index (χ1n) is 13.3. The molecule has 11 nitrogen and oxygen atoms in total. The number of aromatic nitrogens is 5. The molecule has 3 aromatic heterocycles. The van der Waals surface area contributed by atoms with Crippen molar-refractivity contribution in [3.05, 3.63) is 52.5 Å². The third-order valence-electron chi connectivity index (χ3n) is 7.94. The number of anilines is 2. The van der Waals surface area contributed by atoms with E-state index in [9.17, 15) is 9.90 Å². The minimum atomic E-state index is -0.417. The van der Waals surface area contributed by atoms with Crippen LogP contribution >= 0.6 is 0 Å². The van der Waals surface area contributed by atoms with Gasteiger partial charge in [0.25, 0.3) is 5.91 Å². The molecule has 1 saturated heterocycles. The Balaban J connectivity index is 1.57. The lowest BCUT2D eigenvalue weighted by atomic mass is 10.1. The van der Waals surface area contributed by atoms with E-state index in [4.69, 9.17) is 20.4 Å². The molecule has 1 amide bonds. The highest BCUT2D eigenvalue weighted by molar-refractivity contribution is 6.10. The number of nitrogens with two attached hydrogens (primary N) is 1. The van der Waals surface area contributed by atoms with Crippen LogP contribution < -0.4 is 15.4 Å². The van der Waals surface area contributed by atoms with Crippen LogP contribution in [-0.2, 0) is 13.1 Å². The highest BCUT2D eigenvalue weighted by atomic mass is 16.5. The molecule has 39 heavy (non-hydrogen) atoms. The summed E-state index contributed by atoms with van der Waals surface area (Å²) in [5.41, 5.74) is 12.6. The highest BCUT2D eigenvalue weighted by Crippen LogP contribution is 2.37. The van der Waals surface area contributed by atoms with Gasteiger partial charge in [-0.25, -0.2) is 9.97 Å². The number of aryl methyl sites for hydroxylation is 2. The first-order chi connectivity index (χ1) is 18.8. The minimum absolute atomic E-state index is 0.184. The molecule has 3 N–H and O–H groups in total. The highest BCUT2D eigenvalue weighted by Gasteiger charge is 2.32. The number of amides is 1. The van der Waals surface area contributed by atoms with E-state index in [-0.39, 0.29) is 5.91 Å². The lowest BCUT2D eigenvalue weighted by molar-refractivity contribution is 0.0709. The standard InChI is InChI=1S/C28H34N8O3/c1-16-7-8-21(39-4)17(2)24(16)36-25(29)22(28(38)34-12-13-35-19(14-34)9-10-30-35)23-27(36)32-26(18(3)31-23)33-11-5-6-20(37)15-33/h7-10,20,37H,5-6,11-15,29H2,1-4H3/t20-/m1/s1. The van der Waals surface area contributed by atoms with Crippen molar-refractivity contribution in [1.29, 1.82) is 0 Å². The van der Waals surface area contributed by atoms with Crippen LogP contribution in [0.15, 0.2) is 24.4 Å². The van der Waals surface area contributed by atoms with Crippen molar-refractivity contribution in [1.82, 2.24) is 29.2 Å². The molecule has 0 aliphatic carbocycles. The first-order valence-corrected chi connectivity index (χ1v) is 13.3. The topological polar surface area (TPSA) is 128 Å². The number of carbonyl (C=O) groups excluding carboxylic acids is 1. The van der Waals surface area contributed by atoms with Crippen LogP contribution in [0.2, 0.25) is 0 Å². The molecule has 5 heterocycles. The molecule has 0 radical (unpaired) electrons. The van der Waals surface area contributed by atoms with Crippen molar-refractivity contribution in [3.8, 4) is 11.4 Å². The van der Waals surface area contributed by atoms with Gasteiger partial charge in [0.1, 0.15) is 22.6 Å². The Morgan fingerprint density at radius 1 is 1.13 bits per heavy atom. The van der Waals surface area contributed by atoms with Crippen LogP contribution in [0.5, 0.6) is 5.75 Å². The molecule has 6 rings (SSSR count). The fourth-order valence-corrected chi connectivity index (χ4v) is 5.96. The van der Waals surface area contributed by atoms with Gasteiger partial charge in [-0.2, -0.15) is 5.10 Å². The lowest BCUT2D eigenvalue weighted by Gasteiger charge is -2.31. The van der Waals surface area contributed by atoms with Crippen LogP contribution in [0.3, 0.4) is 0 Å². The van der Waals surface area contributed by atoms with Crippen molar-refractivity contribution in [2.24, 2.45) is 0 Å². The number of fused-ring (bicyclic) bond motifs is 2. The zero-order chi connectivity index (χ0) is 27.4. The van der Waals surface area contributed by atoms with Gasteiger partial charge in [0.05, 0.1) is 43.4 Å². The maximum Gasteiger partial charge on any atom is 0.260 e. The van der Waals surface area contributed by atoms with Crippen LogP contribution in [0, 0.1) is 20.8 Å². The van der Waals surface area contributed by atoms with Crippen LogP contribution in [0.1, 0.15) is 45.7 Å². The van der Waals surface area contributed by atoms with Crippen molar-refractivity contribution in [2.45, 2.75) is 52.8 Å². The molecule has 0 unspecified atom stereocenters. The summed E-state index contributed by atoms with van der Waals surface area (Å²) in [5, 5.41) is 14.7. The Bertz CT molecular complexity index is 1590. The minimum Gasteiger partial charge on any atom is -0.496 e. The predicted octanol–water partition coefficient (Wildman–Crippen LogP) is 2.75. The summed E-state index contributed by atoms with van der Waals surface area (Å²) in [6.07, 6.45) is 2.98. The van der Waals surface area contributed by atoms with E-state index in [1.807, 2.05) is 48.2 Å². The van der Waals surface area contributed by atoms with Gasteiger partial charge in [-0.1, -0.05) is 6.07 Å². The van der Waals surface area contributed by atoms with Gasteiger partial charge in [-0.05, 0) is 51.3 Å². The molecule has 0 bridgehead atoms. The third-order valence-corrected chi connectivity index (χ3v) is 7.94. The van der Waals surface area contributed by atoms with E-state index >= 15 is 0 Å². The van der Waals surface area contributed by atoms with E-state index in [1.54, 1.807) is 18.2 Å². The van der Waals surface area contributed by atoms with Gasteiger partial charge in [-0.15, -0.1) is 0 Å². The number of hydrogen-bond acceptors (Lipinski definition) is 8. The number of nitrogens with zero attached hydrogens (tertiary/aromatic N) is 7. The maximum atomic E-state index is 14.1. The summed E-state index contributed by atoms with van der Waals surface area (Å²) in [4.78, 5) is 28.0. The maximum absolute atomic E-state index is 14.1. The van der Waals surface area contributed by atoms with Gasteiger partial charge >= 0.3 is 0 Å². The fourth-order valence-electron chi connectivity index (χ4n) is 5.96. The zero-order valence-electron chi connectivity index (χ0n) is 22.8. The monoisotopic (exact) mass is 530 g/mol. The van der Waals surface area contributed by atoms with Gasteiger partial charge in [0, 0.05) is 31.4 Å². The molecule has 4 aromatic rings. The average molecular weight is 531 g/mol. The predicted molar refractivity (Wildman–Crippen MR) is 148 cm³/mol. The second-order valence-electron chi connectivity index (χ2n) is 10.5. The summed E-state index contributed by atoms with van der Waals surface area (Å²) in [6, 6.07) is 5.83. The van der Waals surface area contributed by atoms with Crippen molar-refractivity contribution in [3.63, 3.8) is 0 Å². The molecular formula is C28H34N8O3. The Hall–Kier alpha value is -4.12. The quantitative estimate of drug-likeness (QED) is 0.412. The van der Waals surface area contributed by atoms with Gasteiger partial charge in [-0.3, -0.25) is 14.0 Å². The smallest absolute Gasteiger partial charge is 0.260 e. The molecule has 2 aliphatic rings. The van der Waals surface area contributed by atoms with E-state index in [0.717, 1.165) is 41.9 Å². The molecule has 0 saturated carbocycles. The normalized spacial score (nSPS) is 17.5. The third kappa shape index (κ3) is 4.08. The molecule has 1 aromatic carbocycles. The van der Waals surface area contributed by atoms with Crippen LogP contribution in [0.25, 0.3) is 16.9 Å².